The minimum Gasteiger partial charge on any atom is -0.370 e. The molecule has 4 N–H and O–H groups in total. The molecule has 1 aliphatic heterocycles. The van der Waals surface area contributed by atoms with Crippen molar-refractivity contribution in [3.05, 3.63) is 11.3 Å². The normalized spacial score (nSPS) is 14.9. The number of nitrogens with zero attached hydrogens (tertiary/aromatic N) is 2. The lowest BCUT2D eigenvalue weighted by atomic mass is 10.1. The fourth-order valence-corrected chi connectivity index (χ4v) is 2.54. The van der Waals surface area contributed by atoms with Crippen LogP contribution in [0.5, 0.6) is 0 Å². The minimum absolute atomic E-state index is 0.00829. The molecule has 0 atom stereocenters. The Hall–Kier alpha value is -1.17. The summed E-state index contributed by atoms with van der Waals surface area (Å²) < 4.78 is 1.54. The molecule has 0 aromatic carbocycles. The van der Waals surface area contributed by atoms with Crippen molar-refractivity contribution in [3.63, 3.8) is 0 Å². The van der Waals surface area contributed by atoms with Crippen LogP contribution in [0.25, 0.3) is 0 Å². The average molecular weight is 253 g/mol. The molecule has 0 spiro atoms. The number of thioether (sulfide) groups is 1. The lowest BCUT2D eigenvalue weighted by Crippen LogP contribution is -2.24. The summed E-state index contributed by atoms with van der Waals surface area (Å²) in [6.07, 6.45) is 6.42. The van der Waals surface area contributed by atoms with E-state index in [-0.39, 0.29) is 5.96 Å². The third-order valence-electron chi connectivity index (χ3n) is 2.98. The van der Waals surface area contributed by atoms with Gasteiger partial charge in [0.2, 0.25) is 5.96 Å². The van der Waals surface area contributed by atoms with Crippen LogP contribution in [0.4, 0.5) is 5.82 Å². The van der Waals surface area contributed by atoms with E-state index in [1.54, 1.807) is 0 Å². The van der Waals surface area contributed by atoms with Gasteiger partial charge < -0.3 is 11.1 Å². The van der Waals surface area contributed by atoms with Crippen LogP contribution < -0.4 is 11.1 Å². The molecule has 0 unspecified atom stereocenters. The van der Waals surface area contributed by atoms with Crippen LogP contribution in [0.3, 0.4) is 0 Å². The van der Waals surface area contributed by atoms with Crippen molar-refractivity contribution < 1.29 is 0 Å². The minimum atomic E-state index is -0.00829. The Morgan fingerprint density at radius 3 is 3.12 bits per heavy atom. The number of aryl methyl sites for hydroxylation is 1. The number of nitrogens with one attached hydrogen (secondary N) is 2. The third-order valence-corrected chi connectivity index (χ3v) is 3.60. The number of aromatic nitrogens is 2. The van der Waals surface area contributed by atoms with Crippen molar-refractivity contribution >= 4 is 23.5 Å². The van der Waals surface area contributed by atoms with Gasteiger partial charge in [0.05, 0.1) is 5.69 Å². The maximum Gasteiger partial charge on any atom is 0.215 e. The molecule has 1 aliphatic rings. The Bertz CT molecular complexity index is 412. The molecule has 2 heterocycles. The molecule has 5 nitrogen and oxygen atoms in total. The van der Waals surface area contributed by atoms with E-state index in [1.165, 1.54) is 16.7 Å². The van der Waals surface area contributed by atoms with Crippen LogP contribution in [0, 0.1) is 5.41 Å². The Kier molecular flexibility index (Phi) is 3.93. The van der Waals surface area contributed by atoms with Gasteiger partial charge in [-0.05, 0) is 31.3 Å². The Morgan fingerprint density at radius 2 is 2.41 bits per heavy atom. The first-order valence-electron chi connectivity index (χ1n) is 5.92. The van der Waals surface area contributed by atoms with Crippen molar-refractivity contribution in [2.45, 2.75) is 25.7 Å². The standard InChI is InChI=1S/C11H19N5S/c1-17-7-5-9-8-4-2-3-6-14-10(8)16(15-9)11(12)13/h14H,2-7H2,1H3,(H3,12,13). The van der Waals surface area contributed by atoms with Gasteiger partial charge in [0.1, 0.15) is 5.82 Å². The molecular weight excluding hydrogens is 234 g/mol. The SMILES string of the molecule is CSCCc1nn(C(=N)N)c2c1CCCCN2. The summed E-state index contributed by atoms with van der Waals surface area (Å²) in [6.45, 7) is 0.938. The highest BCUT2D eigenvalue weighted by atomic mass is 32.2. The lowest BCUT2D eigenvalue weighted by Gasteiger charge is -2.06. The molecule has 17 heavy (non-hydrogen) atoms. The van der Waals surface area contributed by atoms with E-state index in [0.29, 0.717) is 0 Å². The molecule has 0 saturated heterocycles. The number of nitrogens with two attached hydrogens (primary N) is 1. The van der Waals surface area contributed by atoms with Gasteiger partial charge in [0, 0.05) is 18.5 Å². The maximum atomic E-state index is 7.57. The van der Waals surface area contributed by atoms with Crippen molar-refractivity contribution in [2.75, 3.05) is 23.9 Å². The van der Waals surface area contributed by atoms with Crippen LogP contribution >= 0.6 is 11.8 Å². The zero-order valence-corrected chi connectivity index (χ0v) is 10.9. The van der Waals surface area contributed by atoms with E-state index in [2.05, 4.69) is 16.7 Å². The molecule has 0 saturated carbocycles. The summed E-state index contributed by atoms with van der Waals surface area (Å²) in [5.74, 6) is 1.98. The Labute approximate surface area is 106 Å². The van der Waals surface area contributed by atoms with E-state index < -0.39 is 0 Å². The number of hydrogen-bond acceptors (Lipinski definition) is 4. The van der Waals surface area contributed by atoms with E-state index in [9.17, 15) is 0 Å². The lowest BCUT2D eigenvalue weighted by molar-refractivity contribution is 0.769. The fraction of sp³-hybridized carbons (Fsp3) is 0.636. The quantitative estimate of drug-likeness (QED) is 0.560. The topological polar surface area (TPSA) is 79.7 Å². The number of anilines is 1. The monoisotopic (exact) mass is 253 g/mol. The van der Waals surface area contributed by atoms with Crippen LogP contribution in [0.1, 0.15) is 24.1 Å². The molecule has 1 aromatic heterocycles. The third kappa shape index (κ3) is 2.57. The van der Waals surface area contributed by atoms with Gasteiger partial charge in [0.15, 0.2) is 0 Å². The highest BCUT2D eigenvalue weighted by molar-refractivity contribution is 7.98. The summed E-state index contributed by atoms with van der Waals surface area (Å²) in [5.41, 5.74) is 7.92. The van der Waals surface area contributed by atoms with Crippen LogP contribution in [-0.4, -0.2) is 34.3 Å². The summed E-state index contributed by atoms with van der Waals surface area (Å²) in [4.78, 5) is 0. The van der Waals surface area contributed by atoms with E-state index >= 15 is 0 Å². The highest BCUT2D eigenvalue weighted by Gasteiger charge is 2.20. The number of nitrogen functional groups attached to an aromatic ring is 1. The van der Waals surface area contributed by atoms with Crippen molar-refractivity contribution in [1.29, 1.82) is 5.41 Å². The fourth-order valence-electron chi connectivity index (χ4n) is 2.15. The average Bonchev–Trinajstić information content (AvgIpc) is 2.49. The molecule has 2 rings (SSSR count). The molecular formula is C11H19N5S. The largest absolute Gasteiger partial charge is 0.370 e. The van der Waals surface area contributed by atoms with Crippen molar-refractivity contribution in [2.24, 2.45) is 5.73 Å². The van der Waals surface area contributed by atoms with E-state index in [4.69, 9.17) is 11.1 Å². The second-order valence-corrected chi connectivity index (χ2v) is 5.18. The van der Waals surface area contributed by atoms with Gasteiger partial charge in [-0.2, -0.15) is 21.5 Å². The molecule has 0 radical (unpaired) electrons. The summed E-state index contributed by atoms with van der Waals surface area (Å²) in [6, 6.07) is 0. The van der Waals surface area contributed by atoms with Crippen LogP contribution in [0.15, 0.2) is 0 Å². The predicted octanol–water partition coefficient (Wildman–Crippen LogP) is 1.28. The van der Waals surface area contributed by atoms with Gasteiger partial charge in [-0.3, -0.25) is 5.41 Å². The van der Waals surface area contributed by atoms with Crippen molar-refractivity contribution in [1.82, 2.24) is 9.78 Å². The maximum absolute atomic E-state index is 7.57. The molecule has 1 aromatic rings. The molecule has 94 valence electrons. The molecule has 0 fully saturated rings. The van der Waals surface area contributed by atoms with Gasteiger partial charge in [-0.1, -0.05) is 0 Å². The Morgan fingerprint density at radius 1 is 1.59 bits per heavy atom. The predicted molar refractivity (Wildman–Crippen MR) is 73.1 cm³/mol. The summed E-state index contributed by atoms with van der Waals surface area (Å²) >= 11 is 1.82. The molecule has 0 bridgehead atoms. The van der Waals surface area contributed by atoms with Gasteiger partial charge in [-0.25, -0.2) is 0 Å². The second-order valence-electron chi connectivity index (χ2n) is 4.20. The van der Waals surface area contributed by atoms with Crippen LogP contribution in [0.2, 0.25) is 0 Å². The summed E-state index contributed by atoms with van der Waals surface area (Å²) in [5, 5.41) is 15.4. The smallest absolute Gasteiger partial charge is 0.215 e. The van der Waals surface area contributed by atoms with Gasteiger partial charge >= 0.3 is 0 Å². The van der Waals surface area contributed by atoms with Gasteiger partial charge in [-0.15, -0.1) is 0 Å². The van der Waals surface area contributed by atoms with Gasteiger partial charge in [0.25, 0.3) is 0 Å². The highest BCUT2D eigenvalue weighted by Crippen LogP contribution is 2.25. The van der Waals surface area contributed by atoms with Crippen molar-refractivity contribution in [3.8, 4) is 0 Å². The molecule has 0 aliphatic carbocycles. The second kappa shape index (κ2) is 5.44. The zero-order chi connectivity index (χ0) is 12.3. The van der Waals surface area contributed by atoms with E-state index in [0.717, 1.165) is 43.1 Å². The van der Waals surface area contributed by atoms with Crippen LogP contribution in [-0.2, 0) is 12.8 Å². The Balaban J connectivity index is 2.35. The first kappa shape index (κ1) is 12.3. The molecule has 0 amide bonds. The zero-order valence-electron chi connectivity index (χ0n) is 10.1. The molecule has 6 heteroatoms. The number of fused-ring (bicyclic) bond motifs is 1. The first-order chi connectivity index (χ1) is 8.24. The number of rotatable bonds is 3. The summed E-state index contributed by atoms with van der Waals surface area (Å²) in [7, 11) is 0. The first-order valence-corrected chi connectivity index (χ1v) is 7.31. The number of hydrogen-bond donors (Lipinski definition) is 3. The van der Waals surface area contributed by atoms with E-state index in [1.807, 2.05) is 11.8 Å².